The predicted molar refractivity (Wildman–Crippen MR) is 63.1 cm³/mol. The highest BCUT2D eigenvalue weighted by molar-refractivity contribution is 5.93. The number of aromatic carboxylic acids is 1. The van der Waals surface area contributed by atoms with E-state index in [4.69, 9.17) is 15.6 Å². The van der Waals surface area contributed by atoms with E-state index in [1.165, 1.54) is 12.1 Å². The lowest BCUT2D eigenvalue weighted by atomic mass is 10.2. The Morgan fingerprint density at radius 2 is 2.33 bits per heavy atom. The maximum Gasteiger partial charge on any atom is 0.337 e. The maximum absolute atomic E-state index is 10.8. The van der Waals surface area contributed by atoms with Gasteiger partial charge >= 0.3 is 5.97 Å². The van der Waals surface area contributed by atoms with Crippen molar-refractivity contribution < 1.29 is 14.6 Å². The number of hydrogen-bond acceptors (Lipinski definition) is 5. The number of carboxylic acid groups (broad SMARTS) is 1. The lowest BCUT2D eigenvalue weighted by molar-refractivity contribution is 0.0698. The Morgan fingerprint density at radius 1 is 1.56 bits per heavy atom. The van der Waals surface area contributed by atoms with Gasteiger partial charge in [0.05, 0.1) is 11.8 Å². The number of ether oxygens (including phenoxy) is 1. The van der Waals surface area contributed by atoms with Crippen molar-refractivity contribution in [2.75, 3.05) is 5.73 Å². The molecule has 0 spiro atoms. The fourth-order valence-electron chi connectivity index (χ4n) is 1.44. The molecule has 0 aliphatic rings. The number of nitrogens with zero attached hydrogens (tertiary/aromatic N) is 3. The van der Waals surface area contributed by atoms with Crippen molar-refractivity contribution in [3.8, 4) is 5.75 Å². The average Bonchev–Trinajstić information content (AvgIpc) is 2.72. The third-order valence-corrected chi connectivity index (χ3v) is 2.29. The van der Waals surface area contributed by atoms with Crippen molar-refractivity contribution in [2.24, 2.45) is 7.05 Å². The zero-order valence-corrected chi connectivity index (χ0v) is 9.70. The molecule has 1 aromatic carbocycles. The third-order valence-electron chi connectivity index (χ3n) is 2.29. The molecule has 0 amide bonds. The van der Waals surface area contributed by atoms with E-state index >= 15 is 0 Å². The molecule has 0 saturated carbocycles. The second-order valence-corrected chi connectivity index (χ2v) is 3.73. The molecule has 0 aliphatic heterocycles. The van der Waals surface area contributed by atoms with Gasteiger partial charge in [-0.25, -0.2) is 4.79 Å². The lowest BCUT2D eigenvalue weighted by Gasteiger charge is -2.06. The van der Waals surface area contributed by atoms with Crippen molar-refractivity contribution >= 4 is 11.7 Å². The molecule has 0 unspecified atom stereocenters. The quantitative estimate of drug-likeness (QED) is 0.771. The summed E-state index contributed by atoms with van der Waals surface area (Å²) in [5.74, 6) is -0.573. The summed E-state index contributed by atoms with van der Waals surface area (Å²) in [6, 6.07) is 4.43. The Hall–Kier alpha value is -2.57. The minimum Gasteiger partial charge on any atom is -0.487 e. The number of rotatable bonds is 4. The number of aryl methyl sites for hydroxylation is 1. The van der Waals surface area contributed by atoms with E-state index in [0.717, 1.165) is 0 Å². The van der Waals surface area contributed by atoms with Crippen LogP contribution in [0.25, 0.3) is 0 Å². The first-order valence-electron chi connectivity index (χ1n) is 5.17. The molecule has 18 heavy (non-hydrogen) atoms. The largest absolute Gasteiger partial charge is 0.487 e. The van der Waals surface area contributed by atoms with Crippen LogP contribution in [-0.2, 0) is 13.7 Å². The summed E-state index contributed by atoms with van der Waals surface area (Å²) in [6.45, 7) is 0.250. The van der Waals surface area contributed by atoms with Gasteiger partial charge in [0.25, 0.3) is 0 Å². The Kier molecular flexibility index (Phi) is 3.13. The fraction of sp³-hybridized carbons (Fsp3) is 0.182. The molecule has 0 fully saturated rings. The van der Waals surface area contributed by atoms with Crippen LogP contribution < -0.4 is 10.5 Å². The smallest absolute Gasteiger partial charge is 0.337 e. The molecule has 2 rings (SSSR count). The molecule has 7 heteroatoms. The van der Waals surface area contributed by atoms with Crippen LogP contribution in [0.5, 0.6) is 5.75 Å². The van der Waals surface area contributed by atoms with Gasteiger partial charge in [-0.05, 0) is 12.1 Å². The lowest BCUT2D eigenvalue weighted by Crippen LogP contribution is -2.03. The molecule has 1 heterocycles. The molecule has 0 atom stereocenters. The highest BCUT2D eigenvalue weighted by Crippen LogP contribution is 2.20. The first-order chi connectivity index (χ1) is 8.56. The molecule has 94 valence electrons. The number of carboxylic acids is 1. The number of carbonyl (C=O) groups is 1. The molecular weight excluding hydrogens is 236 g/mol. The molecule has 7 nitrogen and oxygen atoms in total. The molecule has 0 saturated heterocycles. The van der Waals surface area contributed by atoms with Crippen LogP contribution in [0.2, 0.25) is 0 Å². The summed E-state index contributed by atoms with van der Waals surface area (Å²) < 4.78 is 7.00. The highest BCUT2D eigenvalue weighted by atomic mass is 16.5. The van der Waals surface area contributed by atoms with Gasteiger partial charge in [-0.3, -0.25) is 4.68 Å². The molecular formula is C11H12N4O3. The van der Waals surface area contributed by atoms with Gasteiger partial charge in [0.2, 0.25) is 0 Å². The number of hydrogen-bond donors (Lipinski definition) is 2. The summed E-state index contributed by atoms with van der Waals surface area (Å²) in [7, 11) is 1.76. The fourth-order valence-corrected chi connectivity index (χ4v) is 1.44. The molecule has 3 N–H and O–H groups in total. The van der Waals surface area contributed by atoms with E-state index in [9.17, 15) is 4.79 Å². The zero-order chi connectivity index (χ0) is 13.1. The van der Waals surface area contributed by atoms with Crippen molar-refractivity contribution in [2.45, 2.75) is 6.61 Å². The van der Waals surface area contributed by atoms with Gasteiger partial charge in [-0.15, -0.1) is 5.10 Å². The SMILES string of the molecule is Cn1cc(COc2ccc(C(=O)O)c(N)c2)nn1. The van der Waals surface area contributed by atoms with Crippen LogP contribution in [-0.4, -0.2) is 26.1 Å². The number of benzene rings is 1. The average molecular weight is 248 g/mol. The molecule has 1 aromatic heterocycles. The van der Waals surface area contributed by atoms with Gasteiger partial charge in [-0.2, -0.15) is 0 Å². The number of anilines is 1. The molecule has 0 aliphatic carbocycles. The van der Waals surface area contributed by atoms with Crippen LogP contribution in [0.1, 0.15) is 16.1 Å². The van der Waals surface area contributed by atoms with Crippen molar-refractivity contribution in [1.82, 2.24) is 15.0 Å². The van der Waals surface area contributed by atoms with Gasteiger partial charge in [0, 0.05) is 18.8 Å². The Bertz CT molecular complexity index is 579. The van der Waals surface area contributed by atoms with Crippen LogP contribution in [0.15, 0.2) is 24.4 Å². The van der Waals surface area contributed by atoms with Crippen LogP contribution in [0.4, 0.5) is 5.69 Å². The minimum atomic E-state index is -1.06. The molecule has 0 radical (unpaired) electrons. The summed E-state index contributed by atoms with van der Waals surface area (Å²) in [5.41, 5.74) is 6.50. The van der Waals surface area contributed by atoms with E-state index in [-0.39, 0.29) is 17.9 Å². The van der Waals surface area contributed by atoms with Crippen molar-refractivity contribution in [1.29, 1.82) is 0 Å². The summed E-state index contributed by atoms with van der Waals surface area (Å²) in [6.07, 6.45) is 1.73. The second kappa shape index (κ2) is 4.74. The van der Waals surface area contributed by atoms with E-state index in [2.05, 4.69) is 10.3 Å². The third kappa shape index (κ3) is 2.57. The van der Waals surface area contributed by atoms with Crippen LogP contribution in [0.3, 0.4) is 0 Å². The van der Waals surface area contributed by atoms with Crippen LogP contribution >= 0.6 is 0 Å². The zero-order valence-electron chi connectivity index (χ0n) is 9.70. The van der Waals surface area contributed by atoms with Gasteiger partial charge < -0.3 is 15.6 Å². The second-order valence-electron chi connectivity index (χ2n) is 3.73. The Balaban J connectivity index is 2.06. The first kappa shape index (κ1) is 11.9. The predicted octanol–water partition coefficient (Wildman–Crippen LogP) is 0.674. The topological polar surface area (TPSA) is 103 Å². The van der Waals surface area contributed by atoms with Gasteiger partial charge in [-0.1, -0.05) is 5.21 Å². The summed E-state index contributed by atoms with van der Waals surface area (Å²) in [5, 5.41) is 16.5. The molecule has 2 aromatic rings. The van der Waals surface area contributed by atoms with Gasteiger partial charge in [0.1, 0.15) is 18.1 Å². The maximum atomic E-state index is 10.8. The Labute approximate surface area is 103 Å². The minimum absolute atomic E-state index is 0.0573. The van der Waals surface area contributed by atoms with Crippen LogP contribution in [0, 0.1) is 0 Å². The van der Waals surface area contributed by atoms with E-state index < -0.39 is 5.97 Å². The summed E-state index contributed by atoms with van der Waals surface area (Å²) >= 11 is 0. The number of nitrogens with two attached hydrogens (primary N) is 1. The normalized spacial score (nSPS) is 10.3. The van der Waals surface area contributed by atoms with Crippen molar-refractivity contribution in [3.63, 3.8) is 0 Å². The Morgan fingerprint density at radius 3 is 2.89 bits per heavy atom. The monoisotopic (exact) mass is 248 g/mol. The van der Waals surface area contributed by atoms with E-state index in [1.807, 2.05) is 0 Å². The van der Waals surface area contributed by atoms with Crippen molar-refractivity contribution in [3.05, 3.63) is 35.7 Å². The summed E-state index contributed by atoms with van der Waals surface area (Å²) in [4.78, 5) is 10.8. The number of nitrogen functional groups attached to an aromatic ring is 1. The standard InChI is InChI=1S/C11H12N4O3/c1-15-5-7(13-14-15)6-18-8-2-3-9(11(16)17)10(12)4-8/h2-5H,6,12H2,1H3,(H,16,17). The van der Waals surface area contributed by atoms with Gasteiger partial charge in [0.15, 0.2) is 0 Å². The first-order valence-corrected chi connectivity index (χ1v) is 5.17. The number of aromatic nitrogens is 3. The van der Waals surface area contributed by atoms with E-state index in [1.54, 1.807) is 24.0 Å². The molecule has 0 bridgehead atoms. The van der Waals surface area contributed by atoms with E-state index in [0.29, 0.717) is 11.4 Å². The highest BCUT2D eigenvalue weighted by Gasteiger charge is 2.08.